The van der Waals surface area contributed by atoms with Gasteiger partial charge in [0.05, 0.1) is 5.56 Å². The zero-order chi connectivity index (χ0) is 13.1. The maximum Gasteiger partial charge on any atom is 0.101 e. The molecular weight excluding hydrogens is 266 g/mol. The van der Waals surface area contributed by atoms with Crippen molar-refractivity contribution in [1.29, 1.82) is 5.26 Å². The van der Waals surface area contributed by atoms with Crippen LogP contribution < -0.4 is 5.73 Å². The second kappa shape index (κ2) is 10.5. The number of hydrogen-bond acceptors (Lipinski definition) is 3. The SMILES string of the molecule is CC.CN(C)C.N#Cc1cc(Br)ccc1N. The third-order valence-electron chi connectivity index (χ3n) is 1.14. The summed E-state index contributed by atoms with van der Waals surface area (Å²) in [5, 5.41) is 8.49. The molecule has 1 aromatic carbocycles. The van der Waals surface area contributed by atoms with E-state index in [4.69, 9.17) is 11.0 Å². The topological polar surface area (TPSA) is 53.0 Å². The highest BCUT2D eigenvalue weighted by Crippen LogP contribution is 2.16. The molecule has 0 amide bonds. The van der Waals surface area contributed by atoms with Gasteiger partial charge in [0.15, 0.2) is 0 Å². The minimum Gasteiger partial charge on any atom is -0.398 e. The van der Waals surface area contributed by atoms with Gasteiger partial charge in [0.1, 0.15) is 6.07 Å². The van der Waals surface area contributed by atoms with E-state index in [-0.39, 0.29) is 0 Å². The van der Waals surface area contributed by atoms with Crippen LogP contribution in [0.3, 0.4) is 0 Å². The molecule has 16 heavy (non-hydrogen) atoms. The molecule has 0 spiro atoms. The molecule has 1 rings (SSSR count). The number of anilines is 1. The van der Waals surface area contributed by atoms with Crippen molar-refractivity contribution in [3.05, 3.63) is 28.2 Å². The number of halogens is 1. The van der Waals surface area contributed by atoms with Crippen molar-refractivity contribution in [3.8, 4) is 6.07 Å². The Bertz CT molecular complexity index is 327. The Morgan fingerprint density at radius 3 is 2.00 bits per heavy atom. The molecule has 0 atom stereocenters. The average Bonchev–Trinajstić information content (AvgIpc) is 2.24. The van der Waals surface area contributed by atoms with Crippen LogP contribution in [-0.4, -0.2) is 26.0 Å². The van der Waals surface area contributed by atoms with Crippen LogP contribution in [0.4, 0.5) is 5.69 Å². The minimum atomic E-state index is 0.509. The monoisotopic (exact) mass is 285 g/mol. The zero-order valence-corrected chi connectivity index (χ0v) is 12.2. The van der Waals surface area contributed by atoms with Gasteiger partial charge in [-0.2, -0.15) is 5.26 Å². The van der Waals surface area contributed by atoms with Crippen LogP contribution in [0.2, 0.25) is 0 Å². The number of rotatable bonds is 0. The Hall–Kier alpha value is -1.05. The summed E-state index contributed by atoms with van der Waals surface area (Å²) in [6, 6.07) is 7.17. The van der Waals surface area contributed by atoms with E-state index in [0.717, 1.165) is 4.47 Å². The minimum absolute atomic E-state index is 0.509. The average molecular weight is 286 g/mol. The van der Waals surface area contributed by atoms with Crippen molar-refractivity contribution in [2.24, 2.45) is 0 Å². The number of benzene rings is 1. The van der Waals surface area contributed by atoms with E-state index in [1.54, 1.807) is 18.2 Å². The lowest BCUT2D eigenvalue weighted by Gasteiger charge is -1.95. The largest absolute Gasteiger partial charge is 0.398 e. The molecule has 0 saturated heterocycles. The van der Waals surface area contributed by atoms with Crippen LogP contribution in [0.25, 0.3) is 0 Å². The molecule has 0 saturated carbocycles. The van der Waals surface area contributed by atoms with Gasteiger partial charge in [0, 0.05) is 10.2 Å². The van der Waals surface area contributed by atoms with Crippen LogP contribution in [0.5, 0.6) is 0 Å². The summed E-state index contributed by atoms with van der Waals surface area (Å²) >= 11 is 3.23. The fourth-order valence-electron chi connectivity index (χ4n) is 0.625. The Labute approximate surface area is 107 Å². The van der Waals surface area contributed by atoms with Crippen molar-refractivity contribution in [2.75, 3.05) is 26.9 Å². The molecule has 0 fully saturated rings. The standard InChI is InChI=1S/C7H5BrN2.C3H9N.C2H6/c8-6-1-2-7(10)5(3-6)4-9;1-4(2)3;1-2/h1-3H,10H2;1-3H3;1-2H3. The van der Waals surface area contributed by atoms with Gasteiger partial charge in [-0.15, -0.1) is 0 Å². The van der Waals surface area contributed by atoms with Gasteiger partial charge >= 0.3 is 0 Å². The summed E-state index contributed by atoms with van der Waals surface area (Å²) in [6.45, 7) is 4.00. The second-order valence-electron chi connectivity index (χ2n) is 3.19. The zero-order valence-electron chi connectivity index (χ0n) is 10.6. The summed E-state index contributed by atoms with van der Waals surface area (Å²) in [7, 11) is 6.00. The highest BCUT2D eigenvalue weighted by Gasteiger charge is 1.95. The quantitative estimate of drug-likeness (QED) is 0.746. The van der Waals surface area contributed by atoms with Gasteiger partial charge in [-0.05, 0) is 39.3 Å². The third kappa shape index (κ3) is 9.50. The smallest absolute Gasteiger partial charge is 0.101 e. The molecule has 0 aliphatic rings. The number of hydrogen-bond donors (Lipinski definition) is 1. The summed E-state index contributed by atoms with van der Waals surface area (Å²) in [5.74, 6) is 0. The molecule has 2 N–H and O–H groups in total. The summed E-state index contributed by atoms with van der Waals surface area (Å²) in [4.78, 5) is 2.00. The van der Waals surface area contributed by atoms with Crippen LogP contribution in [0.1, 0.15) is 19.4 Å². The van der Waals surface area contributed by atoms with Gasteiger partial charge in [-0.1, -0.05) is 29.8 Å². The Balaban J connectivity index is 0. The Kier molecular flexibility index (Phi) is 11.3. The van der Waals surface area contributed by atoms with E-state index in [0.29, 0.717) is 11.3 Å². The summed E-state index contributed by atoms with van der Waals surface area (Å²) in [6.07, 6.45) is 0. The summed E-state index contributed by atoms with van der Waals surface area (Å²) < 4.78 is 0.873. The molecule has 0 unspecified atom stereocenters. The van der Waals surface area contributed by atoms with E-state index >= 15 is 0 Å². The lowest BCUT2D eigenvalue weighted by atomic mass is 10.2. The number of nitrogens with zero attached hydrogens (tertiary/aromatic N) is 2. The van der Waals surface area contributed by atoms with Gasteiger partial charge in [-0.25, -0.2) is 0 Å². The first kappa shape index (κ1) is 17.3. The van der Waals surface area contributed by atoms with Crippen LogP contribution in [0.15, 0.2) is 22.7 Å². The molecule has 3 nitrogen and oxygen atoms in total. The normalized spacial score (nSPS) is 8.12. The number of nitrogen functional groups attached to an aromatic ring is 1. The lowest BCUT2D eigenvalue weighted by molar-refractivity contribution is 0.505. The van der Waals surface area contributed by atoms with Crippen molar-refractivity contribution in [3.63, 3.8) is 0 Å². The maximum absolute atomic E-state index is 8.49. The van der Waals surface area contributed by atoms with E-state index < -0.39 is 0 Å². The predicted molar refractivity (Wildman–Crippen MR) is 74.2 cm³/mol. The van der Waals surface area contributed by atoms with Crippen LogP contribution in [0, 0.1) is 11.3 Å². The van der Waals surface area contributed by atoms with E-state index in [1.165, 1.54) is 0 Å². The molecule has 0 heterocycles. The highest BCUT2D eigenvalue weighted by atomic mass is 79.9. The molecule has 0 aromatic heterocycles. The highest BCUT2D eigenvalue weighted by molar-refractivity contribution is 9.10. The summed E-state index contributed by atoms with van der Waals surface area (Å²) in [5.41, 5.74) is 6.48. The second-order valence-corrected chi connectivity index (χ2v) is 4.10. The van der Waals surface area contributed by atoms with Crippen LogP contribution >= 0.6 is 15.9 Å². The maximum atomic E-state index is 8.49. The third-order valence-corrected chi connectivity index (χ3v) is 1.63. The van der Waals surface area contributed by atoms with Crippen molar-refractivity contribution in [2.45, 2.75) is 13.8 Å². The molecule has 0 aliphatic heterocycles. The van der Waals surface area contributed by atoms with Crippen molar-refractivity contribution in [1.82, 2.24) is 4.90 Å². The fraction of sp³-hybridized carbons (Fsp3) is 0.417. The molecule has 1 aromatic rings. The first-order valence-electron chi connectivity index (χ1n) is 5.03. The molecule has 4 heteroatoms. The van der Waals surface area contributed by atoms with Crippen molar-refractivity contribution >= 4 is 21.6 Å². The molecule has 0 aliphatic carbocycles. The lowest BCUT2D eigenvalue weighted by Crippen LogP contribution is -1.99. The van der Waals surface area contributed by atoms with E-state index in [2.05, 4.69) is 15.9 Å². The molecule has 90 valence electrons. The molecular formula is C12H20BrN3. The van der Waals surface area contributed by atoms with Crippen molar-refractivity contribution < 1.29 is 0 Å². The molecule has 0 bridgehead atoms. The molecule has 0 radical (unpaired) electrons. The fourth-order valence-corrected chi connectivity index (χ4v) is 0.986. The van der Waals surface area contributed by atoms with Gasteiger partial charge in [0.25, 0.3) is 0 Å². The van der Waals surface area contributed by atoms with E-state index in [9.17, 15) is 0 Å². The first-order chi connectivity index (χ1) is 7.47. The predicted octanol–water partition coefficient (Wildman–Crippen LogP) is 3.11. The first-order valence-corrected chi connectivity index (χ1v) is 5.82. The van der Waals surface area contributed by atoms with E-state index in [1.807, 2.05) is 46.0 Å². The number of nitriles is 1. The van der Waals surface area contributed by atoms with Gasteiger partial charge < -0.3 is 10.6 Å². The van der Waals surface area contributed by atoms with Gasteiger partial charge in [0.2, 0.25) is 0 Å². The van der Waals surface area contributed by atoms with Crippen LogP contribution in [-0.2, 0) is 0 Å². The Morgan fingerprint density at radius 1 is 1.25 bits per heavy atom. The number of nitrogens with two attached hydrogens (primary N) is 1. The Morgan fingerprint density at radius 2 is 1.69 bits per heavy atom. The van der Waals surface area contributed by atoms with Gasteiger partial charge in [-0.3, -0.25) is 0 Å².